The Labute approximate surface area is 131 Å². The first-order valence-corrected chi connectivity index (χ1v) is 7.88. The maximum absolute atomic E-state index is 10.4. The second-order valence-electron chi connectivity index (χ2n) is 6.40. The number of methoxy groups -OCH3 is 1. The molecule has 1 atom stereocenters. The predicted molar refractivity (Wildman–Crippen MR) is 86.4 cm³/mol. The zero-order valence-corrected chi connectivity index (χ0v) is 13.1. The van der Waals surface area contributed by atoms with Crippen molar-refractivity contribution in [1.82, 2.24) is 4.90 Å². The van der Waals surface area contributed by atoms with Crippen LogP contribution in [-0.2, 0) is 19.4 Å². The van der Waals surface area contributed by atoms with Crippen molar-refractivity contribution >= 4 is 0 Å². The van der Waals surface area contributed by atoms with Gasteiger partial charge in [0.25, 0.3) is 0 Å². The highest BCUT2D eigenvalue weighted by Gasteiger charge is 2.33. The SMILES string of the molecule is COc1ccc2c(c1O)CN1CCc3cc(C)ccc3[C@@H]1C2. The molecule has 0 aliphatic carbocycles. The lowest BCUT2D eigenvalue weighted by molar-refractivity contribution is 0.158. The molecule has 1 N–H and O–H groups in total. The minimum atomic E-state index is 0.313. The molecule has 0 fully saturated rings. The van der Waals surface area contributed by atoms with E-state index in [9.17, 15) is 5.11 Å². The summed E-state index contributed by atoms with van der Waals surface area (Å²) in [6.07, 6.45) is 2.05. The summed E-state index contributed by atoms with van der Waals surface area (Å²) in [7, 11) is 1.60. The molecule has 114 valence electrons. The van der Waals surface area contributed by atoms with Gasteiger partial charge in [-0.25, -0.2) is 0 Å². The van der Waals surface area contributed by atoms with Crippen LogP contribution in [0.4, 0.5) is 0 Å². The molecule has 0 saturated heterocycles. The lowest BCUT2D eigenvalue weighted by Gasteiger charge is -2.41. The summed E-state index contributed by atoms with van der Waals surface area (Å²) in [5.74, 6) is 0.887. The number of ether oxygens (including phenoxy) is 1. The molecule has 2 aliphatic rings. The van der Waals surface area contributed by atoms with E-state index >= 15 is 0 Å². The van der Waals surface area contributed by atoms with Crippen molar-refractivity contribution < 1.29 is 9.84 Å². The number of benzene rings is 2. The molecular weight excluding hydrogens is 274 g/mol. The summed E-state index contributed by atoms with van der Waals surface area (Å²) >= 11 is 0. The fraction of sp³-hybridized carbons (Fsp3) is 0.368. The van der Waals surface area contributed by atoms with Crippen LogP contribution in [0.2, 0.25) is 0 Å². The lowest BCUT2D eigenvalue weighted by Crippen LogP contribution is -2.39. The molecular formula is C19H21NO2. The number of hydrogen-bond acceptors (Lipinski definition) is 3. The van der Waals surface area contributed by atoms with Crippen molar-refractivity contribution in [2.75, 3.05) is 13.7 Å². The Morgan fingerprint density at radius 1 is 1.18 bits per heavy atom. The highest BCUT2D eigenvalue weighted by atomic mass is 16.5. The first-order chi connectivity index (χ1) is 10.7. The van der Waals surface area contributed by atoms with Crippen molar-refractivity contribution in [2.45, 2.75) is 32.4 Å². The average molecular weight is 295 g/mol. The Hall–Kier alpha value is -2.00. The average Bonchev–Trinajstić information content (AvgIpc) is 2.53. The van der Waals surface area contributed by atoms with E-state index in [4.69, 9.17) is 4.74 Å². The number of phenols is 1. The van der Waals surface area contributed by atoms with Crippen LogP contribution in [0, 0.1) is 6.92 Å². The van der Waals surface area contributed by atoms with E-state index in [2.05, 4.69) is 36.1 Å². The van der Waals surface area contributed by atoms with E-state index in [-0.39, 0.29) is 0 Å². The number of nitrogens with zero attached hydrogens (tertiary/aromatic N) is 1. The summed E-state index contributed by atoms with van der Waals surface area (Å²) in [6, 6.07) is 11.2. The van der Waals surface area contributed by atoms with Crippen LogP contribution in [0.5, 0.6) is 11.5 Å². The van der Waals surface area contributed by atoms with Crippen LogP contribution in [-0.4, -0.2) is 23.7 Å². The maximum atomic E-state index is 10.4. The third kappa shape index (κ3) is 2.00. The summed E-state index contributed by atoms with van der Waals surface area (Å²) in [4.78, 5) is 2.49. The number of rotatable bonds is 1. The quantitative estimate of drug-likeness (QED) is 0.875. The summed E-state index contributed by atoms with van der Waals surface area (Å²) in [5.41, 5.74) is 6.56. The third-order valence-corrected chi connectivity index (χ3v) is 5.10. The number of aryl methyl sites for hydroxylation is 1. The highest BCUT2D eigenvalue weighted by molar-refractivity contribution is 5.52. The fourth-order valence-corrected chi connectivity index (χ4v) is 3.92. The largest absolute Gasteiger partial charge is 0.504 e. The number of hydrogen-bond donors (Lipinski definition) is 1. The van der Waals surface area contributed by atoms with Crippen molar-refractivity contribution in [3.63, 3.8) is 0 Å². The molecule has 3 nitrogen and oxygen atoms in total. The second kappa shape index (κ2) is 5.03. The Morgan fingerprint density at radius 3 is 2.86 bits per heavy atom. The molecule has 0 aromatic heterocycles. The summed E-state index contributed by atoms with van der Waals surface area (Å²) in [6.45, 7) is 4.01. The molecule has 3 heteroatoms. The van der Waals surface area contributed by atoms with Crippen LogP contribution in [0.25, 0.3) is 0 Å². The summed E-state index contributed by atoms with van der Waals surface area (Å²) < 4.78 is 5.25. The predicted octanol–water partition coefficient (Wildman–Crippen LogP) is 3.36. The molecule has 0 amide bonds. The second-order valence-corrected chi connectivity index (χ2v) is 6.40. The number of fused-ring (bicyclic) bond motifs is 4. The topological polar surface area (TPSA) is 32.7 Å². The third-order valence-electron chi connectivity index (χ3n) is 5.10. The van der Waals surface area contributed by atoms with Crippen molar-refractivity contribution in [2.24, 2.45) is 0 Å². The Morgan fingerprint density at radius 2 is 2.05 bits per heavy atom. The molecule has 2 aliphatic heterocycles. The van der Waals surface area contributed by atoms with Crippen molar-refractivity contribution in [3.05, 3.63) is 58.1 Å². The van der Waals surface area contributed by atoms with E-state index in [1.807, 2.05) is 6.07 Å². The van der Waals surface area contributed by atoms with Gasteiger partial charge >= 0.3 is 0 Å². The van der Waals surface area contributed by atoms with Gasteiger partial charge in [0, 0.05) is 24.7 Å². The zero-order valence-electron chi connectivity index (χ0n) is 13.1. The van der Waals surface area contributed by atoms with E-state index in [0.29, 0.717) is 17.5 Å². The van der Waals surface area contributed by atoms with Gasteiger partial charge in [0.15, 0.2) is 11.5 Å². The van der Waals surface area contributed by atoms with Gasteiger partial charge in [-0.2, -0.15) is 0 Å². The van der Waals surface area contributed by atoms with Crippen LogP contribution in [0.1, 0.15) is 33.9 Å². The van der Waals surface area contributed by atoms with Crippen LogP contribution >= 0.6 is 0 Å². The van der Waals surface area contributed by atoms with Crippen LogP contribution in [0.3, 0.4) is 0 Å². The highest BCUT2D eigenvalue weighted by Crippen LogP contribution is 2.43. The first kappa shape index (κ1) is 13.6. The van der Waals surface area contributed by atoms with E-state index < -0.39 is 0 Å². The molecule has 4 rings (SSSR count). The Bertz CT molecular complexity index is 738. The van der Waals surface area contributed by atoms with Crippen molar-refractivity contribution in [3.8, 4) is 11.5 Å². The number of aromatic hydroxyl groups is 1. The maximum Gasteiger partial charge on any atom is 0.162 e. The van der Waals surface area contributed by atoms with Crippen molar-refractivity contribution in [1.29, 1.82) is 0 Å². The zero-order chi connectivity index (χ0) is 15.3. The van der Waals surface area contributed by atoms with E-state index in [1.165, 1.54) is 22.3 Å². The molecule has 2 aromatic carbocycles. The molecule has 0 bridgehead atoms. The van der Waals surface area contributed by atoms with Gasteiger partial charge in [0.05, 0.1) is 7.11 Å². The van der Waals surface area contributed by atoms with E-state index in [1.54, 1.807) is 7.11 Å². The Kier molecular flexibility index (Phi) is 3.12. The van der Waals surface area contributed by atoms with Gasteiger partial charge in [-0.05, 0) is 42.5 Å². The molecule has 2 heterocycles. The van der Waals surface area contributed by atoms with Gasteiger partial charge < -0.3 is 9.84 Å². The fourth-order valence-electron chi connectivity index (χ4n) is 3.92. The molecule has 0 radical (unpaired) electrons. The van der Waals surface area contributed by atoms with Gasteiger partial charge in [-0.1, -0.05) is 29.8 Å². The van der Waals surface area contributed by atoms with Gasteiger partial charge in [0.2, 0.25) is 0 Å². The van der Waals surface area contributed by atoms with Gasteiger partial charge in [-0.3, -0.25) is 4.90 Å². The molecule has 22 heavy (non-hydrogen) atoms. The molecule has 0 unspecified atom stereocenters. The molecule has 2 aromatic rings. The minimum Gasteiger partial charge on any atom is -0.504 e. The number of phenolic OH excluding ortho intramolecular Hbond substituents is 1. The standard InChI is InChI=1S/C19H21NO2/c1-12-3-5-15-14(9-12)7-8-20-11-16-13(10-17(15)20)4-6-18(22-2)19(16)21/h3-6,9,17,21H,7-8,10-11H2,1-2H3/t17-/m0/s1. The van der Waals surface area contributed by atoms with E-state index in [0.717, 1.165) is 31.5 Å². The first-order valence-electron chi connectivity index (χ1n) is 7.88. The van der Waals surface area contributed by atoms with Crippen LogP contribution in [0.15, 0.2) is 30.3 Å². The monoisotopic (exact) mass is 295 g/mol. The van der Waals surface area contributed by atoms with Gasteiger partial charge in [-0.15, -0.1) is 0 Å². The van der Waals surface area contributed by atoms with Gasteiger partial charge in [0.1, 0.15) is 0 Å². The lowest BCUT2D eigenvalue weighted by atomic mass is 9.83. The minimum absolute atomic E-state index is 0.313. The summed E-state index contributed by atoms with van der Waals surface area (Å²) in [5, 5.41) is 10.4. The van der Waals surface area contributed by atoms with Crippen LogP contribution < -0.4 is 4.74 Å². The molecule has 0 spiro atoms. The normalized spacial score (nSPS) is 20.0. The smallest absolute Gasteiger partial charge is 0.162 e. The molecule has 0 saturated carbocycles. The Balaban J connectivity index is 1.76.